The van der Waals surface area contributed by atoms with E-state index >= 15 is 0 Å². The van der Waals surface area contributed by atoms with Gasteiger partial charge in [0.05, 0.1) is 0 Å². The monoisotopic (exact) mass is 292 g/mol. The highest BCUT2D eigenvalue weighted by Gasteiger charge is 2.75. The first-order valence-electron chi connectivity index (χ1n) is 6.51. The van der Waals surface area contributed by atoms with Gasteiger partial charge in [-0.15, -0.1) is 11.8 Å². The van der Waals surface area contributed by atoms with Crippen LogP contribution in [0, 0.1) is 16.7 Å². The van der Waals surface area contributed by atoms with Crippen molar-refractivity contribution < 1.29 is 13.6 Å². The van der Waals surface area contributed by atoms with Gasteiger partial charge in [-0.1, -0.05) is 20.8 Å². The van der Waals surface area contributed by atoms with Gasteiger partial charge in [0.15, 0.2) is 0 Å². The number of rotatable bonds is 4. The summed E-state index contributed by atoms with van der Waals surface area (Å²) in [6, 6.07) is 0. The van der Waals surface area contributed by atoms with Crippen molar-refractivity contribution in [1.29, 1.82) is 0 Å². The molecule has 0 amide bonds. The Morgan fingerprint density at radius 2 is 1.78 bits per heavy atom. The molecule has 18 heavy (non-hydrogen) atoms. The lowest BCUT2D eigenvalue weighted by atomic mass is 9.70. The molecule has 2 bridgehead atoms. The Morgan fingerprint density at radius 3 is 2.06 bits per heavy atom. The molecule has 0 radical (unpaired) electrons. The van der Waals surface area contributed by atoms with Gasteiger partial charge in [-0.2, -0.15) is 0 Å². The second-order valence-electron chi connectivity index (χ2n) is 6.34. The van der Waals surface area contributed by atoms with Crippen LogP contribution in [0.25, 0.3) is 0 Å². The van der Waals surface area contributed by atoms with Gasteiger partial charge in [0.25, 0.3) is 0 Å². The molecule has 0 aliphatic heterocycles. The molecular formula is C13H25O3PS. The lowest BCUT2D eigenvalue weighted by Crippen LogP contribution is -2.44. The zero-order chi connectivity index (χ0) is 13.8. The first-order valence-corrected chi connectivity index (χ1v) is 9.28. The highest BCUT2D eigenvalue weighted by molar-refractivity contribution is 8.06. The summed E-state index contributed by atoms with van der Waals surface area (Å²) >= 11 is 1.69. The molecule has 5 heteroatoms. The zero-order valence-corrected chi connectivity index (χ0v) is 14.0. The van der Waals surface area contributed by atoms with Crippen molar-refractivity contribution in [3.63, 3.8) is 0 Å². The van der Waals surface area contributed by atoms with Crippen LogP contribution in [0.5, 0.6) is 0 Å². The molecule has 0 aromatic heterocycles. The molecule has 2 aliphatic rings. The van der Waals surface area contributed by atoms with Gasteiger partial charge in [0.2, 0.25) is 0 Å². The normalized spacial score (nSPS) is 42.4. The summed E-state index contributed by atoms with van der Waals surface area (Å²) in [5.74, 6) is 0.619. The van der Waals surface area contributed by atoms with Gasteiger partial charge in [0.1, 0.15) is 4.49 Å². The molecule has 2 saturated carbocycles. The van der Waals surface area contributed by atoms with Gasteiger partial charge in [0, 0.05) is 14.2 Å². The maximum Gasteiger partial charge on any atom is 0.346 e. The van der Waals surface area contributed by atoms with Crippen LogP contribution >= 0.6 is 19.4 Å². The second-order valence-corrected chi connectivity index (χ2v) is 10.2. The summed E-state index contributed by atoms with van der Waals surface area (Å²) in [7, 11) is -0.0475. The van der Waals surface area contributed by atoms with E-state index in [1.54, 1.807) is 11.8 Å². The summed E-state index contributed by atoms with van der Waals surface area (Å²) in [6.45, 7) is 6.91. The Labute approximate surface area is 115 Å². The Bertz CT molecular complexity index is 390. The predicted molar refractivity (Wildman–Crippen MR) is 77.1 cm³/mol. The lowest BCUT2D eigenvalue weighted by Gasteiger charge is -2.49. The highest BCUT2D eigenvalue weighted by Crippen LogP contribution is 2.84. The molecule has 0 aromatic carbocycles. The number of hydrogen-bond donors (Lipinski definition) is 0. The molecule has 3 atom stereocenters. The fourth-order valence-corrected chi connectivity index (χ4v) is 9.13. The van der Waals surface area contributed by atoms with Crippen molar-refractivity contribution in [3.05, 3.63) is 0 Å². The van der Waals surface area contributed by atoms with Crippen molar-refractivity contribution in [1.82, 2.24) is 0 Å². The number of fused-ring (bicyclic) bond motifs is 2. The zero-order valence-electron chi connectivity index (χ0n) is 12.3. The van der Waals surface area contributed by atoms with E-state index in [0.29, 0.717) is 5.92 Å². The maximum absolute atomic E-state index is 13.1. The third-order valence-electron chi connectivity index (χ3n) is 6.08. The third kappa shape index (κ3) is 1.38. The van der Waals surface area contributed by atoms with Crippen LogP contribution < -0.4 is 0 Å². The van der Waals surface area contributed by atoms with E-state index in [9.17, 15) is 4.57 Å². The van der Waals surface area contributed by atoms with Gasteiger partial charge in [-0.25, -0.2) is 0 Å². The van der Waals surface area contributed by atoms with Gasteiger partial charge in [-0.3, -0.25) is 4.57 Å². The first-order chi connectivity index (χ1) is 8.24. The van der Waals surface area contributed by atoms with Gasteiger partial charge in [-0.05, 0) is 42.3 Å². The Morgan fingerprint density at radius 1 is 1.22 bits per heavy atom. The maximum atomic E-state index is 13.1. The van der Waals surface area contributed by atoms with E-state index in [4.69, 9.17) is 9.05 Å². The minimum Gasteiger partial charge on any atom is -0.311 e. The van der Waals surface area contributed by atoms with Crippen LogP contribution in [0.2, 0.25) is 0 Å². The third-order valence-corrected chi connectivity index (χ3v) is 11.1. The Hall–Kier alpha value is 0.500. The summed E-state index contributed by atoms with van der Waals surface area (Å²) < 4.78 is 23.5. The summed E-state index contributed by atoms with van der Waals surface area (Å²) in [4.78, 5) is 0. The molecular weight excluding hydrogens is 267 g/mol. The van der Waals surface area contributed by atoms with Gasteiger partial charge >= 0.3 is 7.60 Å². The average Bonchev–Trinajstić information content (AvgIpc) is 2.68. The number of hydrogen-bond acceptors (Lipinski definition) is 4. The molecule has 106 valence electrons. The molecule has 3 nitrogen and oxygen atoms in total. The smallest absolute Gasteiger partial charge is 0.311 e. The molecule has 0 unspecified atom stereocenters. The summed E-state index contributed by atoms with van der Waals surface area (Å²) in [5, 5.41) is 0. The first kappa shape index (κ1) is 14.9. The fraction of sp³-hybridized carbons (Fsp3) is 1.00. The molecule has 0 N–H and O–H groups in total. The van der Waals surface area contributed by atoms with Crippen LogP contribution in [-0.4, -0.2) is 25.0 Å². The summed E-state index contributed by atoms with van der Waals surface area (Å²) in [6.07, 6.45) is 5.34. The number of thioether (sulfide) groups is 1. The van der Waals surface area contributed by atoms with E-state index in [-0.39, 0.29) is 10.8 Å². The fourth-order valence-electron chi connectivity index (χ4n) is 4.42. The molecule has 2 fully saturated rings. The minimum atomic E-state index is -3.08. The van der Waals surface area contributed by atoms with Crippen molar-refractivity contribution in [2.45, 2.75) is 44.5 Å². The van der Waals surface area contributed by atoms with Crippen molar-refractivity contribution in [2.24, 2.45) is 16.7 Å². The average molecular weight is 292 g/mol. The van der Waals surface area contributed by atoms with Crippen molar-refractivity contribution >= 4 is 19.4 Å². The topological polar surface area (TPSA) is 35.5 Å². The van der Waals surface area contributed by atoms with E-state index in [1.807, 2.05) is 6.26 Å². The van der Waals surface area contributed by atoms with Crippen LogP contribution in [0.4, 0.5) is 0 Å². The van der Waals surface area contributed by atoms with Crippen molar-refractivity contribution in [3.8, 4) is 0 Å². The quantitative estimate of drug-likeness (QED) is 0.720. The largest absolute Gasteiger partial charge is 0.346 e. The minimum absolute atomic E-state index is 0.00559. The van der Waals surface area contributed by atoms with Crippen LogP contribution in [0.15, 0.2) is 0 Å². The summed E-state index contributed by atoms with van der Waals surface area (Å²) in [5.41, 5.74) is 0.203. The molecule has 0 spiro atoms. The molecule has 2 aliphatic carbocycles. The molecule has 0 heterocycles. The van der Waals surface area contributed by atoms with Gasteiger partial charge < -0.3 is 9.05 Å². The second kappa shape index (κ2) is 4.25. The molecule has 0 saturated heterocycles. The predicted octanol–water partition coefficient (Wildman–Crippen LogP) is 4.38. The lowest BCUT2D eigenvalue weighted by molar-refractivity contribution is 0.129. The van der Waals surface area contributed by atoms with E-state index < -0.39 is 12.1 Å². The molecule has 0 aromatic rings. The highest BCUT2D eigenvalue weighted by atomic mass is 32.2. The van der Waals surface area contributed by atoms with Crippen LogP contribution in [0.3, 0.4) is 0 Å². The SMILES string of the molecule is COP(=O)(OC)[C@@]1(SC)C[C@H]2CC[C@]1(C)C2(C)C. The van der Waals surface area contributed by atoms with E-state index in [1.165, 1.54) is 20.6 Å². The Balaban J connectivity index is 2.58. The van der Waals surface area contributed by atoms with Crippen molar-refractivity contribution in [2.75, 3.05) is 20.5 Å². The Kier molecular flexibility index (Phi) is 3.51. The van der Waals surface area contributed by atoms with E-state index in [0.717, 1.165) is 12.8 Å². The van der Waals surface area contributed by atoms with Crippen LogP contribution in [0.1, 0.15) is 40.0 Å². The molecule has 2 rings (SSSR count). The standard InChI is InChI=1S/C13H25O3PS/c1-11(2)10-7-8-12(11,3)13(9-10,18-6)17(14,15-4)16-5/h10H,7-9H2,1-6H3/t10-,12-,13-/m1/s1. The van der Waals surface area contributed by atoms with E-state index in [2.05, 4.69) is 20.8 Å². The van der Waals surface area contributed by atoms with Crippen LogP contribution in [-0.2, 0) is 13.6 Å².